The van der Waals surface area contributed by atoms with E-state index in [1.807, 2.05) is 0 Å². The average Bonchev–Trinajstić information content (AvgIpc) is 2.41. The number of carboxylic acid groups (broad SMARTS) is 1. The minimum absolute atomic E-state index is 0.0169. The number of rotatable bonds is 1. The number of carbonyl (C=O) groups is 1. The molecule has 0 bridgehead atoms. The van der Waals surface area contributed by atoms with E-state index in [0.717, 1.165) is 25.9 Å². The van der Waals surface area contributed by atoms with E-state index >= 15 is 0 Å². The third kappa shape index (κ3) is 0.814. The molecule has 56 valence electrons. The molecule has 1 heterocycles. The Morgan fingerprint density at radius 1 is 1.70 bits per heavy atom. The Balaban J connectivity index is 1.99. The number of epoxide rings is 1. The summed E-state index contributed by atoms with van der Waals surface area (Å²) in [5.41, 5.74) is 0.0169. The molecule has 2 fully saturated rings. The summed E-state index contributed by atoms with van der Waals surface area (Å²) in [7, 11) is 0. The smallest absolute Gasteiger partial charge is 0.306 e. The zero-order valence-electron chi connectivity index (χ0n) is 5.67. The van der Waals surface area contributed by atoms with E-state index in [2.05, 4.69) is 0 Å². The molecule has 1 spiro atoms. The van der Waals surface area contributed by atoms with Crippen molar-refractivity contribution in [3.8, 4) is 0 Å². The van der Waals surface area contributed by atoms with E-state index in [1.165, 1.54) is 0 Å². The quantitative estimate of drug-likeness (QED) is 0.546. The second-order valence-corrected chi connectivity index (χ2v) is 3.25. The third-order valence-corrected chi connectivity index (χ3v) is 2.47. The van der Waals surface area contributed by atoms with Crippen molar-refractivity contribution in [2.75, 3.05) is 6.61 Å². The van der Waals surface area contributed by atoms with Gasteiger partial charge in [-0.05, 0) is 19.3 Å². The van der Waals surface area contributed by atoms with Crippen molar-refractivity contribution < 1.29 is 14.6 Å². The van der Waals surface area contributed by atoms with Crippen LogP contribution >= 0.6 is 0 Å². The zero-order chi connectivity index (χ0) is 7.19. The van der Waals surface area contributed by atoms with Crippen LogP contribution in [-0.4, -0.2) is 23.3 Å². The fourth-order valence-corrected chi connectivity index (χ4v) is 1.67. The van der Waals surface area contributed by atoms with Crippen molar-refractivity contribution >= 4 is 5.97 Å². The normalized spacial score (nSPS) is 44.2. The largest absolute Gasteiger partial charge is 0.481 e. The van der Waals surface area contributed by atoms with Gasteiger partial charge in [-0.2, -0.15) is 0 Å². The van der Waals surface area contributed by atoms with Crippen LogP contribution in [0.2, 0.25) is 0 Å². The highest BCUT2D eigenvalue weighted by molar-refractivity contribution is 5.70. The van der Waals surface area contributed by atoms with Gasteiger partial charge in [0.15, 0.2) is 0 Å². The van der Waals surface area contributed by atoms with Gasteiger partial charge in [0.25, 0.3) is 0 Å². The monoisotopic (exact) mass is 142 g/mol. The van der Waals surface area contributed by atoms with Crippen molar-refractivity contribution in [2.45, 2.75) is 24.9 Å². The van der Waals surface area contributed by atoms with Crippen LogP contribution in [0.25, 0.3) is 0 Å². The van der Waals surface area contributed by atoms with Gasteiger partial charge in [-0.15, -0.1) is 0 Å². The molecule has 0 aromatic heterocycles. The van der Waals surface area contributed by atoms with E-state index < -0.39 is 5.97 Å². The number of hydrogen-bond acceptors (Lipinski definition) is 2. The third-order valence-electron chi connectivity index (χ3n) is 2.47. The summed E-state index contributed by atoms with van der Waals surface area (Å²) < 4.78 is 5.17. The van der Waals surface area contributed by atoms with Gasteiger partial charge in [0.05, 0.1) is 18.1 Å². The summed E-state index contributed by atoms with van der Waals surface area (Å²) in [6.07, 6.45) is 2.49. The highest BCUT2D eigenvalue weighted by Crippen LogP contribution is 2.46. The van der Waals surface area contributed by atoms with Crippen LogP contribution in [0.3, 0.4) is 0 Å². The highest BCUT2D eigenvalue weighted by Gasteiger charge is 2.52. The lowest BCUT2D eigenvalue weighted by Crippen LogP contribution is -2.12. The molecule has 3 nitrogen and oxygen atoms in total. The molecule has 1 aliphatic carbocycles. The van der Waals surface area contributed by atoms with Crippen LogP contribution in [0.15, 0.2) is 0 Å². The molecule has 0 amide bonds. The van der Waals surface area contributed by atoms with Crippen molar-refractivity contribution in [1.29, 1.82) is 0 Å². The first-order valence-electron chi connectivity index (χ1n) is 3.59. The summed E-state index contributed by atoms with van der Waals surface area (Å²) in [6.45, 7) is 0.788. The lowest BCUT2D eigenvalue weighted by atomic mass is 10.1. The first-order chi connectivity index (χ1) is 4.72. The summed E-state index contributed by atoms with van der Waals surface area (Å²) in [5, 5.41) is 8.62. The zero-order valence-corrected chi connectivity index (χ0v) is 5.67. The summed E-state index contributed by atoms with van der Waals surface area (Å²) in [6, 6.07) is 0. The predicted octanol–water partition coefficient (Wildman–Crippen LogP) is 0.640. The second kappa shape index (κ2) is 1.72. The topological polar surface area (TPSA) is 49.8 Å². The molecule has 10 heavy (non-hydrogen) atoms. The number of carboxylic acids is 1. The molecule has 1 aliphatic heterocycles. The highest BCUT2D eigenvalue weighted by atomic mass is 16.6. The fraction of sp³-hybridized carbons (Fsp3) is 0.857. The van der Waals surface area contributed by atoms with Crippen LogP contribution < -0.4 is 0 Å². The van der Waals surface area contributed by atoms with E-state index in [-0.39, 0.29) is 11.5 Å². The van der Waals surface area contributed by atoms with Crippen molar-refractivity contribution in [3.63, 3.8) is 0 Å². The molecular formula is C7H10O3. The average molecular weight is 142 g/mol. The molecule has 1 saturated carbocycles. The van der Waals surface area contributed by atoms with Crippen molar-refractivity contribution in [3.05, 3.63) is 0 Å². The molecule has 2 unspecified atom stereocenters. The maximum absolute atomic E-state index is 10.5. The summed E-state index contributed by atoms with van der Waals surface area (Å²) >= 11 is 0. The molecule has 1 saturated heterocycles. The first-order valence-corrected chi connectivity index (χ1v) is 3.59. The van der Waals surface area contributed by atoms with Gasteiger partial charge in [-0.3, -0.25) is 4.79 Å². The maximum Gasteiger partial charge on any atom is 0.306 e. The van der Waals surface area contributed by atoms with Gasteiger partial charge >= 0.3 is 5.97 Å². The summed E-state index contributed by atoms with van der Waals surface area (Å²) in [4.78, 5) is 10.5. The molecule has 3 heteroatoms. The molecule has 0 aromatic rings. The Kier molecular flexibility index (Phi) is 1.06. The molecule has 2 atom stereocenters. The predicted molar refractivity (Wildman–Crippen MR) is 33.7 cm³/mol. The van der Waals surface area contributed by atoms with Crippen LogP contribution in [0.5, 0.6) is 0 Å². The molecule has 1 N–H and O–H groups in total. The Morgan fingerprint density at radius 3 is 2.70 bits per heavy atom. The van der Waals surface area contributed by atoms with Gasteiger partial charge in [0, 0.05) is 0 Å². The molecule has 2 aliphatic rings. The molecule has 0 aromatic carbocycles. The van der Waals surface area contributed by atoms with Gasteiger partial charge in [-0.25, -0.2) is 0 Å². The molecular weight excluding hydrogens is 132 g/mol. The minimum atomic E-state index is -0.660. The lowest BCUT2D eigenvalue weighted by molar-refractivity contribution is -0.141. The molecule has 2 rings (SSSR count). The van der Waals surface area contributed by atoms with Gasteiger partial charge in [0.2, 0.25) is 0 Å². The molecule has 0 radical (unpaired) electrons. The number of aliphatic carboxylic acids is 1. The Morgan fingerprint density at radius 2 is 2.40 bits per heavy atom. The number of ether oxygens (including phenoxy) is 1. The van der Waals surface area contributed by atoms with Gasteiger partial charge < -0.3 is 9.84 Å². The van der Waals surface area contributed by atoms with E-state index in [9.17, 15) is 4.79 Å². The fourth-order valence-electron chi connectivity index (χ4n) is 1.67. The van der Waals surface area contributed by atoms with Crippen molar-refractivity contribution in [2.24, 2.45) is 5.92 Å². The minimum Gasteiger partial charge on any atom is -0.481 e. The SMILES string of the molecule is O=C(O)C1CCC2(CO2)C1. The first kappa shape index (κ1) is 6.16. The van der Waals surface area contributed by atoms with E-state index in [4.69, 9.17) is 9.84 Å². The Hall–Kier alpha value is -0.570. The number of hydrogen-bond donors (Lipinski definition) is 1. The van der Waals surface area contributed by atoms with Crippen molar-refractivity contribution in [1.82, 2.24) is 0 Å². The van der Waals surface area contributed by atoms with Crippen LogP contribution in [0.4, 0.5) is 0 Å². The standard InChI is InChI=1S/C7H10O3/c8-6(9)5-1-2-7(3-5)4-10-7/h5H,1-4H2,(H,8,9). The van der Waals surface area contributed by atoms with E-state index in [0.29, 0.717) is 0 Å². The van der Waals surface area contributed by atoms with E-state index in [1.54, 1.807) is 0 Å². The van der Waals surface area contributed by atoms with Gasteiger partial charge in [-0.1, -0.05) is 0 Å². The Bertz CT molecular complexity index is 172. The van der Waals surface area contributed by atoms with Crippen LogP contribution in [0, 0.1) is 5.92 Å². The van der Waals surface area contributed by atoms with Crippen LogP contribution in [0.1, 0.15) is 19.3 Å². The Labute approximate surface area is 59.0 Å². The van der Waals surface area contributed by atoms with Crippen LogP contribution in [-0.2, 0) is 9.53 Å². The van der Waals surface area contributed by atoms with Gasteiger partial charge in [0.1, 0.15) is 0 Å². The lowest BCUT2D eigenvalue weighted by Gasteiger charge is -2.00. The summed E-state index contributed by atoms with van der Waals surface area (Å²) in [5.74, 6) is -0.796. The second-order valence-electron chi connectivity index (χ2n) is 3.25. The maximum atomic E-state index is 10.5.